The smallest absolute Gasteiger partial charge is 0.137 e. The van der Waals surface area contributed by atoms with Gasteiger partial charge in [-0.25, -0.2) is 9.37 Å². The minimum atomic E-state index is -0.195. The number of nitrogens with zero attached hydrogens (tertiary/aromatic N) is 1. The van der Waals surface area contributed by atoms with Crippen LogP contribution in [0.5, 0.6) is 0 Å². The topological polar surface area (TPSA) is 24.9 Å². The van der Waals surface area contributed by atoms with E-state index in [4.69, 9.17) is 0 Å². The maximum Gasteiger partial charge on any atom is 0.137 e. The Bertz CT molecular complexity index is 502. The molecular formula is C13H13FN2S. The summed E-state index contributed by atoms with van der Waals surface area (Å²) in [6.07, 6.45) is 1.72. The Morgan fingerprint density at radius 3 is 2.88 bits per heavy atom. The van der Waals surface area contributed by atoms with Gasteiger partial charge in [0.15, 0.2) is 0 Å². The minimum absolute atomic E-state index is 0.195. The fraction of sp³-hybridized carbons (Fsp3) is 0.154. The molecule has 1 heterocycles. The fourth-order valence-corrected chi connectivity index (χ4v) is 2.27. The lowest BCUT2D eigenvalue weighted by Crippen LogP contribution is -1.98. The van der Waals surface area contributed by atoms with Crippen molar-refractivity contribution < 1.29 is 4.39 Å². The van der Waals surface area contributed by atoms with Crippen molar-refractivity contribution >= 4 is 17.6 Å². The third kappa shape index (κ3) is 3.20. The predicted octanol–water partition coefficient (Wildman–Crippen LogP) is 3.80. The second-order valence-electron chi connectivity index (χ2n) is 3.44. The van der Waals surface area contributed by atoms with E-state index in [1.54, 1.807) is 18.3 Å². The highest BCUT2D eigenvalue weighted by atomic mass is 32.2. The van der Waals surface area contributed by atoms with E-state index in [2.05, 4.69) is 10.3 Å². The van der Waals surface area contributed by atoms with Crippen LogP contribution in [0.4, 0.5) is 10.2 Å². The van der Waals surface area contributed by atoms with Crippen LogP contribution >= 0.6 is 11.8 Å². The molecule has 17 heavy (non-hydrogen) atoms. The number of benzene rings is 1. The summed E-state index contributed by atoms with van der Waals surface area (Å²) >= 11 is 1.40. The molecule has 0 radical (unpaired) electrons. The third-order valence-electron chi connectivity index (χ3n) is 2.15. The lowest BCUT2D eigenvalue weighted by Gasteiger charge is -2.05. The molecule has 0 unspecified atom stereocenters. The first kappa shape index (κ1) is 11.9. The van der Waals surface area contributed by atoms with Crippen LogP contribution < -0.4 is 5.32 Å². The summed E-state index contributed by atoms with van der Waals surface area (Å²) in [7, 11) is 0. The molecule has 2 rings (SSSR count). The molecule has 4 heteroatoms. The van der Waals surface area contributed by atoms with Crippen LogP contribution in [0.1, 0.15) is 6.92 Å². The highest BCUT2D eigenvalue weighted by Crippen LogP contribution is 2.30. The normalized spacial score (nSPS) is 10.2. The Kier molecular flexibility index (Phi) is 3.98. The average Bonchev–Trinajstić information content (AvgIpc) is 2.33. The molecule has 1 N–H and O–H groups in total. The van der Waals surface area contributed by atoms with Gasteiger partial charge in [-0.3, -0.25) is 0 Å². The Morgan fingerprint density at radius 2 is 2.12 bits per heavy atom. The first-order valence-corrected chi connectivity index (χ1v) is 6.23. The van der Waals surface area contributed by atoms with E-state index >= 15 is 0 Å². The lowest BCUT2D eigenvalue weighted by molar-refractivity contribution is 0.602. The second-order valence-corrected chi connectivity index (χ2v) is 4.55. The highest BCUT2D eigenvalue weighted by Gasteiger charge is 2.03. The maximum absolute atomic E-state index is 13.5. The van der Waals surface area contributed by atoms with E-state index in [9.17, 15) is 4.39 Å². The number of nitrogens with one attached hydrogen (secondary N) is 1. The van der Waals surface area contributed by atoms with Crippen LogP contribution in [0.3, 0.4) is 0 Å². The van der Waals surface area contributed by atoms with E-state index in [1.165, 1.54) is 17.8 Å². The monoisotopic (exact) mass is 248 g/mol. The van der Waals surface area contributed by atoms with Crippen molar-refractivity contribution in [2.75, 3.05) is 11.9 Å². The summed E-state index contributed by atoms with van der Waals surface area (Å²) in [5, 5.41) is 3.13. The van der Waals surface area contributed by atoms with Crippen molar-refractivity contribution in [3.63, 3.8) is 0 Å². The number of aromatic nitrogens is 1. The molecule has 0 spiro atoms. The summed E-state index contributed by atoms with van der Waals surface area (Å²) in [5.41, 5.74) is 0. The first-order chi connectivity index (χ1) is 8.29. The predicted molar refractivity (Wildman–Crippen MR) is 68.9 cm³/mol. The van der Waals surface area contributed by atoms with Gasteiger partial charge in [-0.2, -0.15) is 0 Å². The molecule has 0 saturated heterocycles. The van der Waals surface area contributed by atoms with Gasteiger partial charge in [-0.1, -0.05) is 23.9 Å². The zero-order chi connectivity index (χ0) is 12.1. The Labute approximate surface area is 104 Å². The molecule has 88 valence electrons. The molecular weight excluding hydrogens is 235 g/mol. The van der Waals surface area contributed by atoms with Crippen molar-refractivity contribution in [3.8, 4) is 0 Å². The number of anilines is 1. The number of hydrogen-bond donors (Lipinski definition) is 1. The van der Waals surface area contributed by atoms with E-state index in [-0.39, 0.29) is 5.82 Å². The van der Waals surface area contributed by atoms with Gasteiger partial charge in [0.25, 0.3) is 0 Å². The van der Waals surface area contributed by atoms with Crippen molar-refractivity contribution in [3.05, 3.63) is 48.4 Å². The van der Waals surface area contributed by atoms with E-state index in [0.717, 1.165) is 17.3 Å². The van der Waals surface area contributed by atoms with Crippen molar-refractivity contribution in [1.82, 2.24) is 4.98 Å². The van der Waals surface area contributed by atoms with E-state index in [0.29, 0.717) is 4.90 Å². The Morgan fingerprint density at radius 1 is 1.29 bits per heavy atom. The summed E-state index contributed by atoms with van der Waals surface area (Å²) in [6, 6.07) is 10.6. The van der Waals surface area contributed by atoms with Crippen LogP contribution in [-0.4, -0.2) is 11.5 Å². The van der Waals surface area contributed by atoms with Gasteiger partial charge in [-0.15, -0.1) is 0 Å². The molecule has 0 aliphatic heterocycles. The largest absolute Gasteiger partial charge is 0.370 e. The van der Waals surface area contributed by atoms with Gasteiger partial charge in [0.1, 0.15) is 11.6 Å². The molecule has 0 aliphatic rings. The number of halogens is 1. The summed E-state index contributed by atoms with van der Waals surface area (Å²) < 4.78 is 13.5. The second kappa shape index (κ2) is 5.68. The van der Waals surface area contributed by atoms with Crippen LogP contribution in [0.25, 0.3) is 0 Å². The number of hydrogen-bond acceptors (Lipinski definition) is 3. The summed E-state index contributed by atoms with van der Waals surface area (Å²) in [6.45, 7) is 2.83. The summed E-state index contributed by atoms with van der Waals surface area (Å²) in [4.78, 5) is 5.77. The molecule has 2 aromatic rings. The first-order valence-electron chi connectivity index (χ1n) is 5.42. The van der Waals surface area contributed by atoms with E-state index in [1.807, 2.05) is 25.1 Å². The SMILES string of the molecule is CCNc1cc(Sc2ccccc2F)ccn1. The maximum atomic E-state index is 13.5. The van der Waals surface area contributed by atoms with Gasteiger partial charge in [0.2, 0.25) is 0 Å². The molecule has 1 aromatic carbocycles. The fourth-order valence-electron chi connectivity index (χ4n) is 1.41. The zero-order valence-corrected chi connectivity index (χ0v) is 10.3. The Balaban J connectivity index is 2.18. The summed E-state index contributed by atoms with van der Waals surface area (Å²) in [5.74, 6) is 0.619. The van der Waals surface area contributed by atoms with Crippen LogP contribution in [0.2, 0.25) is 0 Å². The van der Waals surface area contributed by atoms with Crippen molar-refractivity contribution in [2.45, 2.75) is 16.7 Å². The highest BCUT2D eigenvalue weighted by molar-refractivity contribution is 7.99. The van der Waals surface area contributed by atoms with Gasteiger partial charge in [-0.05, 0) is 31.2 Å². The van der Waals surface area contributed by atoms with E-state index < -0.39 is 0 Å². The molecule has 2 nitrogen and oxygen atoms in total. The van der Waals surface area contributed by atoms with Gasteiger partial charge in [0.05, 0.1) is 0 Å². The number of pyridine rings is 1. The van der Waals surface area contributed by atoms with Gasteiger partial charge < -0.3 is 5.32 Å². The molecule has 0 fully saturated rings. The molecule has 0 saturated carbocycles. The molecule has 0 bridgehead atoms. The van der Waals surface area contributed by atoms with Crippen molar-refractivity contribution in [1.29, 1.82) is 0 Å². The molecule has 1 aromatic heterocycles. The van der Waals surface area contributed by atoms with Crippen LogP contribution in [0.15, 0.2) is 52.4 Å². The van der Waals surface area contributed by atoms with Gasteiger partial charge in [0, 0.05) is 22.5 Å². The minimum Gasteiger partial charge on any atom is -0.370 e. The lowest BCUT2D eigenvalue weighted by atomic mass is 10.3. The zero-order valence-electron chi connectivity index (χ0n) is 9.48. The van der Waals surface area contributed by atoms with Gasteiger partial charge >= 0.3 is 0 Å². The third-order valence-corrected chi connectivity index (χ3v) is 3.19. The van der Waals surface area contributed by atoms with Crippen LogP contribution in [0, 0.1) is 5.82 Å². The number of rotatable bonds is 4. The van der Waals surface area contributed by atoms with Crippen LogP contribution in [-0.2, 0) is 0 Å². The molecule has 0 aliphatic carbocycles. The average molecular weight is 248 g/mol. The Hall–Kier alpha value is -1.55. The van der Waals surface area contributed by atoms with Crippen molar-refractivity contribution in [2.24, 2.45) is 0 Å². The quantitative estimate of drug-likeness (QED) is 0.890. The molecule has 0 amide bonds. The standard InChI is InChI=1S/C13H13FN2S/c1-2-15-13-9-10(7-8-16-13)17-12-6-4-3-5-11(12)14/h3-9H,2H2,1H3,(H,15,16). The molecule has 0 atom stereocenters.